The highest BCUT2D eigenvalue weighted by Crippen LogP contribution is 2.42. The van der Waals surface area contributed by atoms with Crippen LogP contribution in [-0.2, 0) is 40.7 Å². The van der Waals surface area contributed by atoms with Crippen LogP contribution < -0.4 is 22.8 Å². The average molecular weight is 1520 g/mol. The van der Waals surface area contributed by atoms with Crippen molar-refractivity contribution in [1.82, 2.24) is 0 Å². The van der Waals surface area contributed by atoms with Gasteiger partial charge in [-0.25, -0.2) is 4.39 Å². The van der Waals surface area contributed by atoms with Gasteiger partial charge in [0, 0.05) is 65.0 Å². The lowest BCUT2D eigenvalue weighted by Gasteiger charge is -2.22. The highest BCUT2D eigenvalue weighted by atomic mass is 19.1. The summed E-state index contributed by atoms with van der Waals surface area (Å²) >= 11 is 0. The van der Waals surface area contributed by atoms with Crippen LogP contribution in [0, 0.1) is 124 Å². The number of nitrogens with zero attached hydrogens (tertiary/aromatic N) is 5. The maximum absolute atomic E-state index is 14.2. The SMILES string of the molecule is Cc1cc(-c2c3ccccc3cc(C)[n+]2C)c(C)c(C)c1F.Cc1cc(C(C)(C)C)cc(-c2c3ccccc3cc(C)[n+]2C)c1C.Cc1cc(C(C)C)cc(-c2c3ccccc3cc(C)[n+]2C)c1C.Cc1cc(C)c(C)c(-c2c3ccccc3cc(C)[n+]2C)c1.Cc1cc(C2CCCC2)cc(-c2c3ccccc3cc(C)[n+]2C)c1C. The van der Waals surface area contributed by atoms with Gasteiger partial charge in [-0.15, -0.1) is 0 Å². The molecule has 10 aromatic carbocycles. The van der Waals surface area contributed by atoms with Crippen molar-refractivity contribution in [2.75, 3.05) is 0 Å². The van der Waals surface area contributed by atoms with Crippen molar-refractivity contribution in [2.45, 2.75) is 195 Å². The monoisotopic (exact) mass is 1520 g/mol. The Morgan fingerprint density at radius 3 is 0.948 bits per heavy atom. The lowest BCUT2D eigenvalue weighted by molar-refractivity contribution is -0.665. The molecule has 0 radical (unpaired) electrons. The standard InChI is InChI=1S/C24H28N.C23H28N.C22H26N.C20H21FN.C20H22N/c1-16-13-21(19-9-5-6-10-19)15-23(18(16)3)24-22-12-8-7-11-20(22)14-17(2)25(24)4;1-15-12-19(23(4,5)6)14-21(17(15)3)22-20-11-9-8-10-18(20)13-16(2)24(22)7;1-14(2)19-11-15(3)17(5)21(13-19)22-20-10-8-7-9-18(20)12-16(4)23(22)6;1-12-10-18(14(3)15(4)19(12)21)20-17-9-7-6-8-16(17)11-13(2)22(20)5;1-13-10-14(2)16(4)19(11-13)20-18-9-7-6-8-17(18)12-15(3)21(20)5/h7-8,11-15,19H,5-6,9-10H2,1-4H3;8-14H,1-7H3;7-14H,1-6H3;6-11H,1-5H3;6-12H,1-5H3/q5*+1. The first-order valence-corrected chi connectivity index (χ1v) is 41.7. The summed E-state index contributed by atoms with van der Waals surface area (Å²) in [6, 6.07) is 75.4. The van der Waals surface area contributed by atoms with Crippen LogP contribution in [0.5, 0.6) is 0 Å². The molecular weight excluding hydrogens is 1400 g/mol. The molecule has 5 nitrogen and oxygen atoms in total. The van der Waals surface area contributed by atoms with E-state index in [-0.39, 0.29) is 11.2 Å². The fraction of sp³-hybridized carbons (Fsp3) is 0.312. The van der Waals surface area contributed by atoms with E-state index < -0.39 is 0 Å². The zero-order valence-corrected chi connectivity index (χ0v) is 74.2. The first kappa shape index (κ1) is 83.6. The average Bonchev–Trinajstić information content (AvgIpc) is 1.12. The lowest BCUT2D eigenvalue weighted by Crippen LogP contribution is -2.35. The van der Waals surface area contributed by atoms with Crippen LogP contribution in [0.3, 0.4) is 0 Å². The van der Waals surface area contributed by atoms with Gasteiger partial charge in [0.25, 0.3) is 0 Å². The molecule has 1 fully saturated rings. The van der Waals surface area contributed by atoms with Crippen LogP contribution in [0.4, 0.5) is 4.39 Å². The summed E-state index contributed by atoms with van der Waals surface area (Å²) < 4.78 is 25.7. The van der Waals surface area contributed by atoms with Gasteiger partial charge >= 0.3 is 0 Å². The number of aromatic nitrogens is 5. The molecule has 0 spiro atoms. The Morgan fingerprint density at radius 1 is 0.304 bits per heavy atom. The fourth-order valence-electron chi connectivity index (χ4n) is 17.4. The van der Waals surface area contributed by atoms with Crippen LogP contribution >= 0.6 is 0 Å². The Balaban J connectivity index is 0.000000133. The third-order valence-corrected chi connectivity index (χ3v) is 25.7. The van der Waals surface area contributed by atoms with Crippen molar-refractivity contribution >= 4 is 53.9 Å². The zero-order chi connectivity index (χ0) is 83.1. The van der Waals surface area contributed by atoms with Gasteiger partial charge in [-0.2, -0.15) is 22.8 Å². The van der Waals surface area contributed by atoms with Crippen molar-refractivity contribution in [3.05, 3.63) is 324 Å². The smallest absolute Gasteiger partial charge is 0.206 e. The summed E-state index contributed by atoms with van der Waals surface area (Å²) in [5, 5.41) is 13.0. The molecule has 0 atom stereocenters. The van der Waals surface area contributed by atoms with Crippen LogP contribution in [0.2, 0.25) is 0 Å². The third-order valence-electron chi connectivity index (χ3n) is 25.7. The minimum absolute atomic E-state index is 0.0964. The number of benzene rings is 10. The molecule has 588 valence electrons. The van der Waals surface area contributed by atoms with E-state index in [9.17, 15) is 4.39 Å². The molecule has 0 bridgehead atoms. The second-order valence-corrected chi connectivity index (χ2v) is 34.8. The van der Waals surface area contributed by atoms with Crippen LogP contribution in [0.25, 0.3) is 110 Å². The first-order valence-electron chi connectivity index (χ1n) is 41.7. The number of pyridine rings is 5. The molecule has 0 amide bonds. The molecule has 115 heavy (non-hydrogen) atoms. The van der Waals surface area contributed by atoms with Crippen molar-refractivity contribution in [3.63, 3.8) is 0 Å². The molecule has 5 aromatic heterocycles. The van der Waals surface area contributed by atoms with Gasteiger partial charge in [0.2, 0.25) is 28.5 Å². The molecule has 6 heteroatoms. The molecule has 5 heterocycles. The first-order chi connectivity index (χ1) is 54.6. The Labute approximate surface area is 687 Å². The number of aryl methyl sites for hydroxylation is 11. The largest absolute Gasteiger partial charge is 0.220 e. The number of rotatable bonds is 7. The predicted molar refractivity (Wildman–Crippen MR) is 487 cm³/mol. The second-order valence-electron chi connectivity index (χ2n) is 34.8. The van der Waals surface area contributed by atoms with E-state index in [1.807, 2.05) is 26.8 Å². The van der Waals surface area contributed by atoms with Crippen molar-refractivity contribution in [2.24, 2.45) is 35.2 Å². The van der Waals surface area contributed by atoms with Gasteiger partial charge in [0.05, 0.1) is 54.7 Å². The Kier molecular flexibility index (Phi) is 24.9. The van der Waals surface area contributed by atoms with Crippen LogP contribution in [0.1, 0.15) is 184 Å². The summed E-state index contributed by atoms with van der Waals surface area (Å²) in [5.41, 5.74) is 38.7. The van der Waals surface area contributed by atoms with Crippen molar-refractivity contribution in [3.8, 4) is 56.3 Å². The summed E-state index contributed by atoms with van der Waals surface area (Å²) in [4.78, 5) is 0. The maximum atomic E-state index is 14.2. The molecule has 0 N–H and O–H groups in total. The number of hydrogen-bond acceptors (Lipinski definition) is 0. The van der Waals surface area contributed by atoms with E-state index in [0.29, 0.717) is 11.5 Å². The number of fused-ring (bicyclic) bond motifs is 5. The van der Waals surface area contributed by atoms with E-state index in [1.54, 1.807) is 5.56 Å². The maximum Gasteiger partial charge on any atom is 0.220 e. The Hall–Kier alpha value is -10.8. The van der Waals surface area contributed by atoms with Gasteiger partial charge in [-0.1, -0.05) is 168 Å². The molecular formula is C109H125FN5+5. The normalized spacial score (nSPS) is 12.3. The van der Waals surface area contributed by atoms with Gasteiger partial charge in [-0.3, -0.25) is 0 Å². The van der Waals surface area contributed by atoms with Crippen LogP contribution in [0.15, 0.2) is 206 Å². The van der Waals surface area contributed by atoms with E-state index >= 15 is 0 Å². The molecule has 0 saturated heterocycles. The van der Waals surface area contributed by atoms with Crippen LogP contribution in [-0.4, -0.2) is 0 Å². The van der Waals surface area contributed by atoms with E-state index in [2.05, 4.69) is 390 Å². The lowest BCUT2D eigenvalue weighted by atomic mass is 9.83. The molecule has 16 rings (SSSR count). The summed E-state index contributed by atoms with van der Waals surface area (Å²) in [6.07, 6.45) is 5.47. The Bertz CT molecular complexity index is 6270. The van der Waals surface area contributed by atoms with Gasteiger partial charge < -0.3 is 0 Å². The third kappa shape index (κ3) is 17.0. The summed E-state index contributed by atoms with van der Waals surface area (Å²) in [6.45, 7) is 48.0. The van der Waals surface area contributed by atoms with Gasteiger partial charge in [0.15, 0.2) is 28.5 Å². The summed E-state index contributed by atoms with van der Waals surface area (Å²) in [7, 11) is 10.8. The molecule has 15 aromatic rings. The number of halogens is 1. The highest BCUT2D eigenvalue weighted by molar-refractivity contribution is 5.98. The van der Waals surface area contributed by atoms with Crippen molar-refractivity contribution < 1.29 is 27.2 Å². The minimum Gasteiger partial charge on any atom is -0.206 e. The Morgan fingerprint density at radius 2 is 0.600 bits per heavy atom. The van der Waals surface area contributed by atoms with E-state index in [0.717, 1.165) is 28.3 Å². The molecule has 1 aliphatic carbocycles. The topological polar surface area (TPSA) is 19.4 Å². The minimum atomic E-state index is -0.0964. The molecule has 1 saturated carbocycles. The summed E-state index contributed by atoms with van der Waals surface area (Å²) in [5.74, 6) is 1.19. The fourth-order valence-corrected chi connectivity index (χ4v) is 17.4. The molecule has 0 aliphatic heterocycles. The molecule has 0 unspecified atom stereocenters. The van der Waals surface area contributed by atoms with Crippen molar-refractivity contribution in [1.29, 1.82) is 0 Å². The molecule has 1 aliphatic rings. The van der Waals surface area contributed by atoms with E-state index in [4.69, 9.17) is 0 Å². The predicted octanol–water partition coefficient (Wildman–Crippen LogP) is 26.1. The quantitative estimate of drug-likeness (QED) is 0.142. The zero-order valence-electron chi connectivity index (χ0n) is 74.2. The highest BCUT2D eigenvalue weighted by Gasteiger charge is 2.29. The number of hydrogen-bond donors (Lipinski definition) is 0. The second kappa shape index (κ2) is 34.3. The van der Waals surface area contributed by atoms with Gasteiger partial charge in [-0.05, 0) is 279 Å². The van der Waals surface area contributed by atoms with Gasteiger partial charge in [0.1, 0.15) is 41.1 Å². The van der Waals surface area contributed by atoms with E-state index in [1.165, 1.54) is 214 Å².